The molecular weight excluding hydrogens is 499 g/mol. The molecule has 6 unspecified atom stereocenters. The average molecular weight is 519 g/mol. The Bertz CT molecular complexity index is 1300. The number of hydrogen-bond donors (Lipinski definition) is 1. The van der Waals surface area contributed by atoms with Crippen molar-refractivity contribution in [3.05, 3.63) is 71.7 Å². The molecule has 0 aliphatic carbocycles. The van der Waals surface area contributed by atoms with Crippen LogP contribution in [0.4, 0.5) is 13.2 Å². The highest BCUT2D eigenvalue weighted by molar-refractivity contribution is 5.75. The van der Waals surface area contributed by atoms with Gasteiger partial charge in [0, 0.05) is 18.1 Å². The van der Waals surface area contributed by atoms with Crippen LogP contribution in [0.5, 0.6) is 0 Å². The van der Waals surface area contributed by atoms with Crippen LogP contribution >= 0.6 is 0 Å². The van der Waals surface area contributed by atoms with Crippen molar-refractivity contribution < 1.29 is 46.8 Å². The maximum atomic E-state index is 13.8. The van der Waals surface area contributed by atoms with Gasteiger partial charge >= 0.3 is 11.9 Å². The lowest BCUT2D eigenvalue weighted by atomic mass is 9.91. The minimum atomic E-state index is -1.63. The molecule has 0 bridgehead atoms. The SMILES string of the molecule is CC(=O)OC1C(C(=O)O)OC2COC(c3ccccc3)OC2C1n1cc(-c2cc(F)c(F)c(F)c2)nn1. The normalized spacial score (nSPS) is 27.4. The molecule has 2 aliphatic heterocycles. The first-order chi connectivity index (χ1) is 17.7. The molecule has 1 N–H and O–H groups in total. The van der Waals surface area contributed by atoms with Crippen molar-refractivity contribution in [2.24, 2.45) is 0 Å². The monoisotopic (exact) mass is 519 g/mol. The molecule has 13 heteroatoms. The van der Waals surface area contributed by atoms with Crippen molar-refractivity contribution >= 4 is 11.9 Å². The molecule has 0 radical (unpaired) electrons. The van der Waals surface area contributed by atoms with Crippen LogP contribution in [-0.2, 0) is 28.5 Å². The lowest BCUT2D eigenvalue weighted by molar-refractivity contribution is -0.315. The Kier molecular flexibility index (Phi) is 6.67. The summed E-state index contributed by atoms with van der Waals surface area (Å²) in [4.78, 5) is 24.0. The van der Waals surface area contributed by atoms with Gasteiger partial charge in [-0.3, -0.25) is 4.79 Å². The highest BCUT2D eigenvalue weighted by atomic mass is 19.2. The van der Waals surface area contributed by atoms with E-state index in [4.69, 9.17) is 18.9 Å². The van der Waals surface area contributed by atoms with E-state index in [9.17, 15) is 27.9 Å². The molecule has 2 aromatic carbocycles. The number of nitrogens with zero attached hydrogens (tertiary/aromatic N) is 3. The molecule has 3 heterocycles. The highest BCUT2D eigenvalue weighted by Crippen LogP contribution is 2.40. The van der Waals surface area contributed by atoms with Gasteiger partial charge in [0.15, 0.2) is 35.9 Å². The summed E-state index contributed by atoms with van der Waals surface area (Å²) in [6.07, 6.45) is -4.44. The van der Waals surface area contributed by atoms with Gasteiger partial charge in [-0.1, -0.05) is 35.5 Å². The summed E-state index contributed by atoms with van der Waals surface area (Å²) in [7, 11) is 0. The van der Waals surface area contributed by atoms with E-state index in [1.54, 1.807) is 24.3 Å². The molecule has 10 nitrogen and oxygen atoms in total. The van der Waals surface area contributed by atoms with Gasteiger partial charge < -0.3 is 24.1 Å². The van der Waals surface area contributed by atoms with Crippen molar-refractivity contribution in [3.63, 3.8) is 0 Å². The third-order valence-electron chi connectivity index (χ3n) is 6.06. The predicted octanol–water partition coefficient (Wildman–Crippen LogP) is 2.80. The molecule has 2 aliphatic rings. The predicted molar refractivity (Wildman–Crippen MR) is 116 cm³/mol. The van der Waals surface area contributed by atoms with Crippen LogP contribution in [0.2, 0.25) is 0 Å². The van der Waals surface area contributed by atoms with Gasteiger partial charge in [-0.2, -0.15) is 0 Å². The van der Waals surface area contributed by atoms with E-state index in [-0.39, 0.29) is 17.9 Å². The second-order valence-electron chi connectivity index (χ2n) is 8.51. The molecule has 0 amide bonds. The molecular formula is C24H20F3N3O7. The molecule has 2 fully saturated rings. The fraction of sp³-hybridized carbons (Fsp3) is 0.333. The fourth-order valence-corrected chi connectivity index (χ4v) is 4.46. The number of carboxylic acid groups (broad SMARTS) is 1. The van der Waals surface area contributed by atoms with Crippen LogP contribution in [0, 0.1) is 17.5 Å². The van der Waals surface area contributed by atoms with Crippen molar-refractivity contribution in [2.75, 3.05) is 6.61 Å². The fourth-order valence-electron chi connectivity index (χ4n) is 4.46. The van der Waals surface area contributed by atoms with E-state index in [0.717, 1.165) is 19.1 Å². The third kappa shape index (κ3) is 4.80. The van der Waals surface area contributed by atoms with Crippen LogP contribution < -0.4 is 0 Å². The van der Waals surface area contributed by atoms with E-state index in [2.05, 4.69) is 10.3 Å². The second kappa shape index (κ2) is 9.92. The quantitative estimate of drug-likeness (QED) is 0.401. The molecule has 0 spiro atoms. The highest BCUT2D eigenvalue weighted by Gasteiger charge is 2.55. The lowest BCUT2D eigenvalue weighted by Crippen LogP contribution is -2.62. The Labute approximate surface area is 207 Å². The van der Waals surface area contributed by atoms with E-state index < -0.39 is 66.1 Å². The molecule has 3 aromatic rings. The maximum absolute atomic E-state index is 13.8. The van der Waals surface area contributed by atoms with Crippen molar-refractivity contribution in [2.45, 2.75) is 43.7 Å². The number of carboxylic acids is 1. The summed E-state index contributed by atoms with van der Waals surface area (Å²) in [6, 6.07) is 9.35. The van der Waals surface area contributed by atoms with E-state index in [1.807, 2.05) is 6.07 Å². The zero-order valence-corrected chi connectivity index (χ0v) is 19.2. The number of halogens is 3. The van der Waals surface area contributed by atoms with Gasteiger partial charge in [-0.05, 0) is 12.1 Å². The number of hydrogen-bond acceptors (Lipinski definition) is 8. The summed E-state index contributed by atoms with van der Waals surface area (Å²) in [5.74, 6) is -6.65. The van der Waals surface area contributed by atoms with Gasteiger partial charge in [-0.25, -0.2) is 22.6 Å². The molecule has 5 rings (SSSR count). The minimum absolute atomic E-state index is 0.0408. The van der Waals surface area contributed by atoms with E-state index in [1.165, 1.54) is 10.9 Å². The number of rotatable bonds is 5. The molecule has 37 heavy (non-hydrogen) atoms. The average Bonchev–Trinajstić information content (AvgIpc) is 3.36. The number of aliphatic carboxylic acids is 1. The second-order valence-corrected chi connectivity index (χ2v) is 8.51. The number of ether oxygens (including phenoxy) is 4. The number of carbonyl (C=O) groups is 2. The van der Waals surface area contributed by atoms with Gasteiger partial charge in [-0.15, -0.1) is 5.10 Å². The summed E-state index contributed by atoms with van der Waals surface area (Å²) in [5, 5.41) is 17.7. The first-order valence-electron chi connectivity index (χ1n) is 11.2. The van der Waals surface area contributed by atoms with Gasteiger partial charge in [0.2, 0.25) is 0 Å². The first kappa shape index (κ1) is 24.9. The number of aromatic nitrogens is 3. The van der Waals surface area contributed by atoms with Gasteiger partial charge in [0.25, 0.3) is 0 Å². The van der Waals surface area contributed by atoms with Crippen molar-refractivity contribution in [3.8, 4) is 11.3 Å². The Hall–Kier alpha value is -3.81. The van der Waals surface area contributed by atoms with Crippen molar-refractivity contribution in [1.29, 1.82) is 0 Å². The summed E-state index contributed by atoms with van der Waals surface area (Å²) in [5.41, 5.74) is 0.529. The number of carbonyl (C=O) groups excluding carboxylic acids is 1. The van der Waals surface area contributed by atoms with Gasteiger partial charge in [0.05, 0.1) is 12.8 Å². The summed E-state index contributed by atoms with van der Waals surface area (Å²) < 4.78 is 65.3. The Balaban J connectivity index is 1.56. The first-order valence-corrected chi connectivity index (χ1v) is 11.2. The zero-order chi connectivity index (χ0) is 26.3. The number of benzene rings is 2. The molecule has 0 saturated carbocycles. The Morgan fingerprint density at radius 2 is 1.81 bits per heavy atom. The van der Waals surface area contributed by atoms with Crippen LogP contribution in [0.1, 0.15) is 24.8 Å². The maximum Gasteiger partial charge on any atom is 0.336 e. The lowest BCUT2D eigenvalue weighted by Gasteiger charge is -2.47. The van der Waals surface area contributed by atoms with Crippen LogP contribution in [0.15, 0.2) is 48.7 Å². The van der Waals surface area contributed by atoms with Crippen LogP contribution in [-0.4, -0.2) is 63.1 Å². The Morgan fingerprint density at radius 1 is 1.11 bits per heavy atom. The largest absolute Gasteiger partial charge is 0.479 e. The van der Waals surface area contributed by atoms with Crippen LogP contribution in [0.25, 0.3) is 11.3 Å². The smallest absolute Gasteiger partial charge is 0.336 e. The van der Waals surface area contributed by atoms with E-state index in [0.29, 0.717) is 5.56 Å². The van der Waals surface area contributed by atoms with E-state index >= 15 is 0 Å². The van der Waals surface area contributed by atoms with Crippen molar-refractivity contribution in [1.82, 2.24) is 15.0 Å². The molecule has 6 atom stereocenters. The Morgan fingerprint density at radius 3 is 2.46 bits per heavy atom. The topological polar surface area (TPSA) is 122 Å². The number of esters is 1. The zero-order valence-electron chi connectivity index (χ0n) is 19.2. The summed E-state index contributed by atoms with van der Waals surface area (Å²) >= 11 is 0. The molecule has 194 valence electrons. The van der Waals surface area contributed by atoms with Crippen LogP contribution in [0.3, 0.4) is 0 Å². The standard InChI is InChI=1S/C24H20F3N3O7/c1-11(31)35-21-19(30-9-16(28-29-30)13-7-14(25)18(27)15(26)8-13)20-17(36-22(21)23(32)33)10-34-24(37-20)12-5-3-2-4-6-12/h2-9,17,19-22,24H,10H2,1H3,(H,32,33). The molecule has 2 saturated heterocycles. The molecule has 1 aromatic heterocycles. The van der Waals surface area contributed by atoms with Gasteiger partial charge in [0.1, 0.15) is 23.9 Å². The third-order valence-corrected chi connectivity index (χ3v) is 6.06. The number of fused-ring (bicyclic) bond motifs is 1. The summed E-state index contributed by atoms with van der Waals surface area (Å²) in [6.45, 7) is 1.06. The minimum Gasteiger partial charge on any atom is -0.479 e.